The third-order valence-electron chi connectivity index (χ3n) is 6.23. The second-order valence-corrected chi connectivity index (χ2v) is 10.9. The molecule has 41 heavy (non-hydrogen) atoms. The molecule has 4 aromatic rings. The predicted molar refractivity (Wildman–Crippen MR) is 158 cm³/mol. The Morgan fingerprint density at radius 3 is 1.85 bits per heavy atom. The van der Waals surface area contributed by atoms with Crippen molar-refractivity contribution >= 4 is 11.9 Å². The molecule has 8 nitrogen and oxygen atoms in total. The lowest BCUT2D eigenvalue weighted by Gasteiger charge is -2.21. The van der Waals surface area contributed by atoms with Crippen molar-refractivity contribution in [2.24, 2.45) is 0 Å². The lowest BCUT2D eigenvalue weighted by molar-refractivity contribution is 0.0528. The molecule has 4 rings (SSSR count). The first-order valence-corrected chi connectivity index (χ1v) is 13.8. The van der Waals surface area contributed by atoms with Crippen LogP contribution in [0.4, 0.5) is 4.79 Å². The van der Waals surface area contributed by atoms with Gasteiger partial charge in [0.2, 0.25) is 0 Å². The van der Waals surface area contributed by atoms with E-state index in [2.05, 4.69) is 25.2 Å². The van der Waals surface area contributed by atoms with E-state index in [1.807, 2.05) is 93.6 Å². The van der Waals surface area contributed by atoms with Crippen molar-refractivity contribution in [1.29, 1.82) is 0 Å². The number of aromatic nitrogens is 3. The van der Waals surface area contributed by atoms with E-state index < -0.39 is 11.7 Å². The fraction of sp³-hybridized carbons (Fsp3) is 0.303. The van der Waals surface area contributed by atoms with Gasteiger partial charge in [0.1, 0.15) is 5.60 Å². The Kier molecular flexibility index (Phi) is 10.3. The van der Waals surface area contributed by atoms with Gasteiger partial charge in [-0.2, -0.15) is 0 Å². The number of amides is 1. The Labute approximate surface area is 241 Å². The maximum absolute atomic E-state index is 12.9. The standard InChI is InChI=1S/C33H37N5O3/c1-33(2,3)41-32(40)36-19-16-25-10-12-26(13-11-25)20-31(39)27-14-15-30(37-21-27)24-38(22-28-8-4-6-17-34-28)23-29-9-5-7-18-35-29/h4-15,17-18,21H,16,19-20,22-24H2,1-3H3,(H,36,40). The van der Waals surface area contributed by atoms with Crippen molar-refractivity contribution < 1.29 is 14.3 Å². The first-order chi connectivity index (χ1) is 19.7. The first-order valence-electron chi connectivity index (χ1n) is 13.8. The molecule has 0 saturated carbocycles. The molecule has 0 unspecified atom stereocenters. The summed E-state index contributed by atoms with van der Waals surface area (Å²) in [4.78, 5) is 40.5. The van der Waals surface area contributed by atoms with Crippen LogP contribution in [0.2, 0.25) is 0 Å². The Hall–Kier alpha value is -4.43. The average molecular weight is 552 g/mol. The van der Waals surface area contributed by atoms with Gasteiger partial charge >= 0.3 is 6.09 Å². The summed E-state index contributed by atoms with van der Waals surface area (Å²) in [5.41, 5.74) is 4.89. The molecule has 3 heterocycles. The molecule has 0 atom stereocenters. The summed E-state index contributed by atoms with van der Waals surface area (Å²) >= 11 is 0. The monoisotopic (exact) mass is 551 g/mol. The Morgan fingerprint density at radius 2 is 1.34 bits per heavy atom. The molecule has 0 saturated heterocycles. The average Bonchev–Trinajstić information content (AvgIpc) is 2.94. The van der Waals surface area contributed by atoms with Gasteiger partial charge in [-0.25, -0.2) is 4.79 Å². The maximum atomic E-state index is 12.9. The van der Waals surface area contributed by atoms with Crippen LogP contribution in [0.5, 0.6) is 0 Å². The highest BCUT2D eigenvalue weighted by atomic mass is 16.6. The van der Waals surface area contributed by atoms with E-state index in [4.69, 9.17) is 4.74 Å². The molecule has 0 radical (unpaired) electrons. The number of rotatable bonds is 12. The van der Waals surface area contributed by atoms with Crippen molar-refractivity contribution in [2.45, 2.75) is 58.8 Å². The molecule has 1 N–H and O–H groups in total. The highest BCUT2D eigenvalue weighted by molar-refractivity contribution is 5.97. The third-order valence-corrected chi connectivity index (χ3v) is 6.23. The van der Waals surface area contributed by atoms with Gasteiger partial charge in [-0.3, -0.25) is 24.6 Å². The van der Waals surface area contributed by atoms with Crippen molar-refractivity contribution in [3.05, 3.63) is 125 Å². The van der Waals surface area contributed by atoms with Gasteiger partial charge in [-0.15, -0.1) is 0 Å². The molecule has 1 amide bonds. The second kappa shape index (κ2) is 14.3. The van der Waals surface area contributed by atoms with Crippen LogP contribution < -0.4 is 5.32 Å². The zero-order valence-electron chi connectivity index (χ0n) is 23.9. The summed E-state index contributed by atoms with van der Waals surface area (Å²) in [5, 5.41) is 2.76. The molecule has 0 fully saturated rings. The van der Waals surface area contributed by atoms with Crippen LogP contribution in [0, 0.1) is 0 Å². The molecule has 0 aliphatic heterocycles. The van der Waals surface area contributed by atoms with Gasteiger partial charge < -0.3 is 10.1 Å². The van der Waals surface area contributed by atoms with E-state index in [0.29, 0.717) is 44.6 Å². The smallest absolute Gasteiger partial charge is 0.407 e. The zero-order valence-corrected chi connectivity index (χ0v) is 23.9. The van der Waals surface area contributed by atoms with Gasteiger partial charge in [-0.1, -0.05) is 36.4 Å². The summed E-state index contributed by atoms with van der Waals surface area (Å²) in [7, 11) is 0. The number of carbonyl (C=O) groups excluding carboxylic acids is 2. The second-order valence-electron chi connectivity index (χ2n) is 10.9. The third kappa shape index (κ3) is 10.2. The topological polar surface area (TPSA) is 97.3 Å². The molecule has 8 heteroatoms. The predicted octanol–water partition coefficient (Wildman–Crippen LogP) is 5.57. The lowest BCUT2D eigenvalue weighted by atomic mass is 10.0. The van der Waals surface area contributed by atoms with E-state index in [-0.39, 0.29) is 5.78 Å². The Bertz CT molecular complexity index is 1350. The highest BCUT2D eigenvalue weighted by Crippen LogP contribution is 2.14. The van der Waals surface area contributed by atoms with Gasteiger partial charge in [0.25, 0.3) is 0 Å². The fourth-order valence-electron chi connectivity index (χ4n) is 4.26. The normalized spacial score (nSPS) is 11.3. The van der Waals surface area contributed by atoms with E-state index in [1.54, 1.807) is 18.6 Å². The quantitative estimate of drug-likeness (QED) is 0.230. The number of carbonyl (C=O) groups is 2. The molecular formula is C33H37N5O3. The van der Waals surface area contributed by atoms with Gasteiger partial charge in [-0.05, 0) is 74.7 Å². The molecule has 1 aromatic carbocycles. The van der Waals surface area contributed by atoms with Crippen molar-refractivity contribution in [2.75, 3.05) is 6.54 Å². The number of hydrogen-bond acceptors (Lipinski definition) is 7. The molecule has 0 bridgehead atoms. The highest BCUT2D eigenvalue weighted by Gasteiger charge is 2.16. The van der Waals surface area contributed by atoms with E-state index in [9.17, 15) is 9.59 Å². The largest absolute Gasteiger partial charge is 0.444 e. The molecular weight excluding hydrogens is 514 g/mol. The summed E-state index contributed by atoms with van der Waals surface area (Å²) < 4.78 is 5.25. The van der Waals surface area contributed by atoms with Gasteiger partial charge in [0.15, 0.2) is 5.78 Å². The number of hydrogen-bond donors (Lipinski definition) is 1. The number of Topliss-reactive ketones (excluding diaryl/α,β-unsaturated/α-hetero) is 1. The van der Waals surface area contributed by atoms with E-state index in [0.717, 1.165) is 28.2 Å². The summed E-state index contributed by atoms with van der Waals surface area (Å²) in [6, 6.07) is 23.4. The van der Waals surface area contributed by atoms with Crippen molar-refractivity contribution in [1.82, 2.24) is 25.2 Å². The SMILES string of the molecule is CC(C)(C)OC(=O)NCCc1ccc(CC(=O)c2ccc(CN(Cc3ccccn3)Cc3ccccn3)nc2)cc1. The minimum absolute atomic E-state index is 0.0159. The van der Waals surface area contributed by atoms with Crippen LogP contribution in [0.25, 0.3) is 0 Å². The zero-order chi connectivity index (χ0) is 29.1. The Morgan fingerprint density at radius 1 is 0.756 bits per heavy atom. The van der Waals surface area contributed by atoms with Crippen LogP contribution in [0.15, 0.2) is 91.4 Å². The van der Waals surface area contributed by atoms with Crippen molar-refractivity contribution in [3.8, 4) is 0 Å². The number of ketones is 1. The summed E-state index contributed by atoms with van der Waals surface area (Å²) in [6.07, 6.45) is 5.80. The van der Waals surface area contributed by atoms with Gasteiger partial charge in [0, 0.05) is 56.8 Å². The minimum atomic E-state index is -0.519. The molecule has 0 aliphatic carbocycles. The number of benzene rings is 1. The molecule has 0 spiro atoms. The lowest BCUT2D eigenvalue weighted by Crippen LogP contribution is -2.33. The molecule has 212 valence electrons. The number of alkyl carbamates (subject to hydrolysis) is 1. The number of nitrogens with zero attached hydrogens (tertiary/aromatic N) is 4. The fourth-order valence-corrected chi connectivity index (χ4v) is 4.26. The van der Waals surface area contributed by atoms with Crippen LogP contribution in [0.1, 0.15) is 59.3 Å². The van der Waals surface area contributed by atoms with E-state index >= 15 is 0 Å². The first kappa shape index (κ1) is 29.6. The Balaban J connectivity index is 1.30. The van der Waals surface area contributed by atoms with Crippen LogP contribution >= 0.6 is 0 Å². The van der Waals surface area contributed by atoms with E-state index in [1.165, 1.54) is 0 Å². The van der Waals surface area contributed by atoms with Crippen molar-refractivity contribution in [3.63, 3.8) is 0 Å². The minimum Gasteiger partial charge on any atom is -0.444 e. The number of ether oxygens (including phenoxy) is 1. The van der Waals surface area contributed by atoms with Crippen LogP contribution in [0.3, 0.4) is 0 Å². The summed E-state index contributed by atoms with van der Waals surface area (Å²) in [5.74, 6) is 0.0159. The molecule has 3 aromatic heterocycles. The number of pyridine rings is 3. The molecule has 0 aliphatic rings. The summed E-state index contributed by atoms with van der Waals surface area (Å²) in [6.45, 7) is 7.90. The van der Waals surface area contributed by atoms with Gasteiger partial charge in [0.05, 0.1) is 17.1 Å². The van der Waals surface area contributed by atoms with Crippen LogP contribution in [-0.4, -0.2) is 43.9 Å². The maximum Gasteiger partial charge on any atom is 0.407 e. The number of nitrogens with one attached hydrogen (secondary N) is 1. The van der Waals surface area contributed by atoms with Crippen LogP contribution in [-0.2, 0) is 37.2 Å².